The predicted octanol–water partition coefficient (Wildman–Crippen LogP) is 1.72. The molecular formula is C6H13ClN2. The first-order valence-electron chi connectivity index (χ1n) is 3.16. The van der Waals surface area contributed by atoms with Crippen LogP contribution in [0.2, 0.25) is 0 Å². The van der Waals surface area contributed by atoms with Crippen LogP contribution in [0.3, 0.4) is 0 Å². The molecule has 1 atom stereocenters. The summed E-state index contributed by atoms with van der Waals surface area (Å²) < 4.78 is 0. The summed E-state index contributed by atoms with van der Waals surface area (Å²) in [7, 11) is 0. The quantitative estimate of drug-likeness (QED) is 0.356. The minimum absolute atomic E-state index is 0.0881. The van der Waals surface area contributed by atoms with Crippen molar-refractivity contribution in [2.45, 2.75) is 31.6 Å². The van der Waals surface area contributed by atoms with Crippen molar-refractivity contribution in [2.24, 2.45) is 5.73 Å². The first-order valence-corrected chi connectivity index (χ1v) is 3.60. The Balaban J connectivity index is 3.27. The summed E-state index contributed by atoms with van der Waals surface area (Å²) in [5.41, 5.74) is 5.13. The lowest BCUT2D eigenvalue weighted by Crippen LogP contribution is -2.22. The Morgan fingerprint density at radius 3 is 2.67 bits per heavy atom. The number of hydrogen-bond donors (Lipinski definition) is 2. The van der Waals surface area contributed by atoms with Crippen LogP contribution in [0.25, 0.3) is 0 Å². The van der Waals surface area contributed by atoms with Crippen molar-refractivity contribution in [1.82, 2.24) is 0 Å². The molecule has 0 saturated carbocycles. The maximum Gasteiger partial charge on any atom is 0.109 e. The Bertz CT molecular complexity index is 93.1. The minimum Gasteiger partial charge on any atom is -0.386 e. The molecule has 0 rings (SSSR count). The van der Waals surface area contributed by atoms with Gasteiger partial charge >= 0.3 is 0 Å². The smallest absolute Gasteiger partial charge is 0.109 e. The molecule has 0 aromatic heterocycles. The lowest BCUT2D eigenvalue weighted by atomic mass is 10.2. The normalized spacial score (nSPS) is 13.1. The highest BCUT2D eigenvalue weighted by Crippen LogP contribution is 2.05. The maximum absolute atomic E-state index is 6.92. The van der Waals surface area contributed by atoms with Gasteiger partial charge in [-0.2, -0.15) is 0 Å². The lowest BCUT2D eigenvalue weighted by Gasteiger charge is -2.03. The van der Waals surface area contributed by atoms with E-state index >= 15 is 0 Å². The highest BCUT2D eigenvalue weighted by molar-refractivity contribution is 6.30. The van der Waals surface area contributed by atoms with Gasteiger partial charge in [0.1, 0.15) is 5.84 Å². The van der Waals surface area contributed by atoms with Crippen LogP contribution in [0.4, 0.5) is 0 Å². The fraction of sp³-hybridized carbons (Fsp3) is 0.833. The molecule has 0 radical (unpaired) electrons. The average molecular weight is 149 g/mol. The van der Waals surface area contributed by atoms with Gasteiger partial charge in [-0.25, -0.2) is 0 Å². The molecule has 0 aliphatic rings. The summed E-state index contributed by atoms with van der Waals surface area (Å²) in [6.07, 6.45) is 2.98. The van der Waals surface area contributed by atoms with Gasteiger partial charge in [-0.15, -0.1) is 11.6 Å². The van der Waals surface area contributed by atoms with Crippen LogP contribution in [-0.2, 0) is 0 Å². The van der Waals surface area contributed by atoms with E-state index < -0.39 is 0 Å². The summed E-state index contributed by atoms with van der Waals surface area (Å²) in [5.74, 6) is 0.0881. The van der Waals surface area contributed by atoms with Crippen LogP contribution in [0, 0.1) is 5.41 Å². The molecule has 0 aromatic carbocycles. The zero-order valence-electron chi connectivity index (χ0n) is 5.65. The molecule has 0 bridgehead atoms. The third kappa shape index (κ3) is 4.28. The SMILES string of the molecule is CCCCC(Cl)C(=N)N. The molecule has 0 spiro atoms. The molecular weight excluding hydrogens is 136 g/mol. The summed E-state index contributed by atoms with van der Waals surface area (Å²) in [6, 6.07) is 0. The largest absolute Gasteiger partial charge is 0.386 e. The molecule has 3 heteroatoms. The first-order chi connectivity index (χ1) is 4.18. The number of nitrogens with one attached hydrogen (secondary N) is 1. The summed E-state index contributed by atoms with van der Waals surface area (Å²) >= 11 is 5.64. The van der Waals surface area contributed by atoms with E-state index in [0.29, 0.717) is 0 Å². The number of alkyl halides is 1. The van der Waals surface area contributed by atoms with Crippen LogP contribution in [0.15, 0.2) is 0 Å². The van der Waals surface area contributed by atoms with Gasteiger partial charge in [0, 0.05) is 0 Å². The van der Waals surface area contributed by atoms with Crippen LogP contribution in [0.5, 0.6) is 0 Å². The Morgan fingerprint density at radius 2 is 2.33 bits per heavy atom. The van der Waals surface area contributed by atoms with Gasteiger partial charge in [0.2, 0.25) is 0 Å². The summed E-state index contributed by atoms with van der Waals surface area (Å²) in [4.78, 5) is 0. The van der Waals surface area contributed by atoms with Crippen molar-refractivity contribution < 1.29 is 0 Å². The molecule has 2 nitrogen and oxygen atoms in total. The van der Waals surface area contributed by atoms with Gasteiger partial charge < -0.3 is 5.73 Å². The van der Waals surface area contributed by atoms with Crippen molar-refractivity contribution in [2.75, 3.05) is 0 Å². The van der Waals surface area contributed by atoms with Crippen molar-refractivity contribution in [3.05, 3.63) is 0 Å². The summed E-state index contributed by atoms with van der Waals surface area (Å²) in [6.45, 7) is 2.09. The third-order valence-electron chi connectivity index (χ3n) is 1.15. The summed E-state index contributed by atoms with van der Waals surface area (Å²) in [5, 5.41) is 6.68. The molecule has 0 aromatic rings. The lowest BCUT2D eigenvalue weighted by molar-refractivity contribution is 0.742. The standard InChI is InChI=1S/C6H13ClN2/c1-2-3-4-5(7)6(8)9/h5H,2-4H2,1H3,(H3,8,9). The molecule has 3 N–H and O–H groups in total. The Hall–Kier alpha value is -0.240. The van der Waals surface area contributed by atoms with Gasteiger partial charge in [-0.1, -0.05) is 19.8 Å². The van der Waals surface area contributed by atoms with E-state index in [1.165, 1.54) is 0 Å². The van der Waals surface area contributed by atoms with E-state index in [2.05, 4.69) is 6.92 Å². The van der Waals surface area contributed by atoms with Gasteiger partial charge in [0.15, 0.2) is 0 Å². The second kappa shape index (κ2) is 4.62. The molecule has 0 amide bonds. The zero-order valence-corrected chi connectivity index (χ0v) is 6.41. The highest BCUT2D eigenvalue weighted by atomic mass is 35.5. The van der Waals surface area contributed by atoms with E-state index in [0.717, 1.165) is 19.3 Å². The van der Waals surface area contributed by atoms with Crippen LogP contribution < -0.4 is 5.73 Å². The minimum atomic E-state index is -0.245. The number of unbranched alkanes of at least 4 members (excludes halogenated alkanes) is 1. The number of halogens is 1. The molecule has 0 heterocycles. The Labute approximate surface area is 60.9 Å². The fourth-order valence-corrected chi connectivity index (χ4v) is 0.693. The second-order valence-corrected chi connectivity index (χ2v) is 2.59. The molecule has 54 valence electrons. The average Bonchev–Trinajstić information content (AvgIpc) is 1.82. The van der Waals surface area contributed by atoms with Crippen LogP contribution in [-0.4, -0.2) is 11.2 Å². The topological polar surface area (TPSA) is 49.9 Å². The second-order valence-electron chi connectivity index (χ2n) is 2.07. The molecule has 0 saturated heterocycles. The van der Waals surface area contributed by atoms with Crippen LogP contribution in [0.1, 0.15) is 26.2 Å². The van der Waals surface area contributed by atoms with E-state index in [4.69, 9.17) is 22.7 Å². The van der Waals surface area contributed by atoms with Gasteiger partial charge in [0.25, 0.3) is 0 Å². The molecule has 0 fully saturated rings. The van der Waals surface area contributed by atoms with Crippen LogP contribution >= 0.6 is 11.6 Å². The Morgan fingerprint density at radius 1 is 1.78 bits per heavy atom. The fourth-order valence-electron chi connectivity index (χ4n) is 0.539. The van der Waals surface area contributed by atoms with Crippen molar-refractivity contribution in [3.8, 4) is 0 Å². The van der Waals surface area contributed by atoms with E-state index in [-0.39, 0.29) is 11.2 Å². The van der Waals surface area contributed by atoms with Crippen molar-refractivity contribution >= 4 is 17.4 Å². The van der Waals surface area contributed by atoms with Crippen molar-refractivity contribution in [1.29, 1.82) is 5.41 Å². The van der Waals surface area contributed by atoms with E-state index in [1.807, 2.05) is 0 Å². The maximum atomic E-state index is 6.92. The molecule has 0 aliphatic carbocycles. The van der Waals surface area contributed by atoms with E-state index in [9.17, 15) is 0 Å². The number of hydrogen-bond acceptors (Lipinski definition) is 1. The van der Waals surface area contributed by atoms with Gasteiger partial charge in [-0.3, -0.25) is 5.41 Å². The van der Waals surface area contributed by atoms with E-state index in [1.54, 1.807) is 0 Å². The molecule has 1 unspecified atom stereocenters. The third-order valence-corrected chi connectivity index (χ3v) is 1.60. The number of nitrogens with two attached hydrogens (primary N) is 1. The number of amidine groups is 1. The first kappa shape index (κ1) is 8.76. The zero-order chi connectivity index (χ0) is 7.28. The monoisotopic (exact) mass is 148 g/mol. The van der Waals surface area contributed by atoms with Crippen molar-refractivity contribution in [3.63, 3.8) is 0 Å². The Kier molecular flexibility index (Phi) is 4.50. The van der Waals surface area contributed by atoms with Gasteiger partial charge in [-0.05, 0) is 6.42 Å². The predicted molar refractivity (Wildman–Crippen MR) is 41.1 cm³/mol. The van der Waals surface area contributed by atoms with Gasteiger partial charge in [0.05, 0.1) is 5.38 Å². The number of rotatable bonds is 4. The molecule has 0 aliphatic heterocycles. The highest BCUT2D eigenvalue weighted by Gasteiger charge is 2.04. The molecule has 9 heavy (non-hydrogen) atoms.